The molecule has 0 spiro atoms. The quantitative estimate of drug-likeness (QED) is 0.704. The molecule has 0 aliphatic carbocycles. The first-order valence-corrected chi connectivity index (χ1v) is 5.75. The highest BCUT2D eigenvalue weighted by Gasteiger charge is 2.19. The molecule has 15 heavy (non-hydrogen) atoms. The number of fused-ring (bicyclic) bond motifs is 1. The highest BCUT2D eigenvalue weighted by Crippen LogP contribution is 2.18. The van der Waals surface area contributed by atoms with Crippen LogP contribution >= 0.6 is 11.6 Å². The number of rotatable bonds is 2. The normalized spacial score (nSPS) is 14.9. The molecule has 0 radical (unpaired) electrons. The van der Waals surface area contributed by atoms with Gasteiger partial charge in [-0.1, -0.05) is 24.3 Å². The van der Waals surface area contributed by atoms with E-state index in [9.17, 15) is 4.79 Å². The molecule has 0 N–H and O–H groups in total. The van der Waals surface area contributed by atoms with Gasteiger partial charge in [0.1, 0.15) is 0 Å². The molecule has 1 aromatic rings. The van der Waals surface area contributed by atoms with Crippen molar-refractivity contribution in [2.45, 2.75) is 19.4 Å². The Hall–Kier alpha value is -1.02. The van der Waals surface area contributed by atoms with Crippen molar-refractivity contribution in [3.8, 4) is 0 Å². The van der Waals surface area contributed by atoms with Crippen LogP contribution in [0, 0.1) is 0 Å². The lowest BCUT2D eigenvalue weighted by molar-refractivity contribution is -0.131. The second-order valence-electron chi connectivity index (χ2n) is 3.77. The molecule has 0 fully saturated rings. The number of benzene rings is 1. The second kappa shape index (κ2) is 4.67. The molecule has 0 unspecified atom stereocenters. The first kappa shape index (κ1) is 10.5. The van der Waals surface area contributed by atoms with Crippen LogP contribution in [0.3, 0.4) is 0 Å². The molecule has 0 aromatic heterocycles. The molecule has 1 heterocycles. The highest BCUT2D eigenvalue weighted by atomic mass is 35.5. The molecule has 0 saturated heterocycles. The Kier molecular flexibility index (Phi) is 3.27. The zero-order chi connectivity index (χ0) is 10.7. The minimum absolute atomic E-state index is 0.166. The van der Waals surface area contributed by atoms with E-state index in [1.54, 1.807) is 0 Å². The summed E-state index contributed by atoms with van der Waals surface area (Å²) in [5.74, 6) is 0.580. The van der Waals surface area contributed by atoms with E-state index in [1.807, 2.05) is 11.0 Å². The van der Waals surface area contributed by atoms with Gasteiger partial charge in [-0.15, -0.1) is 11.6 Å². The third kappa shape index (κ3) is 2.32. The number of nitrogens with zero attached hydrogens (tertiary/aromatic N) is 1. The van der Waals surface area contributed by atoms with Crippen molar-refractivity contribution in [1.82, 2.24) is 4.90 Å². The van der Waals surface area contributed by atoms with Gasteiger partial charge in [0.2, 0.25) is 5.91 Å². The van der Waals surface area contributed by atoms with Gasteiger partial charge in [0, 0.05) is 25.4 Å². The van der Waals surface area contributed by atoms with Crippen LogP contribution in [0.4, 0.5) is 0 Å². The lowest BCUT2D eigenvalue weighted by atomic mass is 10.00. The zero-order valence-corrected chi connectivity index (χ0v) is 9.33. The average Bonchev–Trinajstić information content (AvgIpc) is 2.29. The summed E-state index contributed by atoms with van der Waals surface area (Å²) < 4.78 is 0. The SMILES string of the molecule is O=C(CCCl)N1CCc2ccccc2C1. The fourth-order valence-electron chi connectivity index (χ4n) is 1.95. The molecule has 1 aliphatic rings. The number of hydrogen-bond acceptors (Lipinski definition) is 1. The zero-order valence-electron chi connectivity index (χ0n) is 8.58. The van der Waals surface area contributed by atoms with Crippen molar-refractivity contribution in [2.24, 2.45) is 0 Å². The van der Waals surface area contributed by atoms with Gasteiger partial charge in [-0.3, -0.25) is 4.79 Å². The van der Waals surface area contributed by atoms with Crippen LogP contribution in [0.1, 0.15) is 17.5 Å². The number of halogens is 1. The summed E-state index contributed by atoms with van der Waals surface area (Å²) in [5, 5.41) is 0. The number of amides is 1. The molecule has 0 saturated carbocycles. The summed E-state index contributed by atoms with van der Waals surface area (Å²) in [6.45, 7) is 1.57. The van der Waals surface area contributed by atoms with Crippen molar-refractivity contribution in [2.75, 3.05) is 12.4 Å². The predicted molar refractivity (Wildman–Crippen MR) is 60.9 cm³/mol. The maximum atomic E-state index is 11.6. The summed E-state index contributed by atoms with van der Waals surface area (Å²) in [7, 11) is 0. The Labute approximate surface area is 94.8 Å². The molecular weight excluding hydrogens is 210 g/mol. The van der Waals surface area contributed by atoms with Gasteiger partial charge in [-0.05, 0) is 17.5 Å². The summed E-state index contributed by atoms with van der Waals surface area (Å²) >= 11 is 5.57. The number of alkyl halides is 1. The topological polar surface area (TPSA) is 20.3 Å². The predicted octanol–water partition coefficient (Wildman–Crippen LogP) is 2.20. The summed E-state index contributed by atoms with van der Waals surface area (Å²) in [5.41, 5.74) is 2.64. The molecule has 1 amide bonds. The monoisotopic (exact) mass is 223 g/mol. The molecule has 80 valence electrons. The van der Waals surface area contributed by atoms with Crippen LogP contribution in [0.15, 0.2) is 24.3 Å². The van der Waals surface area contributed by atoms with E-state index >= 15 is 0 Å². The average molecular weight is 224 g/mol. The van der Waals surface area contributed by atoms with E-state index in [2.05, 4.69) is 18.2 Å². The Morgan fingerprint density at radius 1 is 1.33 bits per heavy atom. The Bertz CT molecular complexity index is 364. The van der Waals surface area contributed by atoms with Gasteiger partial charge in [0.15, 0.2) is 0 Å². The summed E-state index contributed by atoms with van der Waals surface area (Å²) in [6.07, 6.45) is 1.41. The first-order valence-electron chi connectivity index (χ1n) is 5.22. The van der Waals surface area contributed by atoms with Crippen LogP contribution in [-0.2, 0) is 17.8 Å². The van der Waals surface area contributed by atoms with Crippen molar-refractivity contribution in [3.05, 3.63) is 35.4 Å². The molecule has 2 rings (SSSR count). The molecule has 1 aliphatic heterocycles. The van der Waals surface area contributed by atoms with E-state index in [0.29, 0.717) is 12.3 Å². The standard InChI is InChI=1S/C12H14ClNO/c13-7-5-12(15)14-8-6-10-3-1-2-4-11(10)9-14/h1-4H,5-9H2. The third-order valence-electron chi connectivity index (χ3n) is 2.79. The van der Waals surface area contributed by atoms with E-state index in [1.165, 1.54) is 11.1 Å². The van der Waals surface area contributed by atoms with Crippen LogP contribution < -0.4 is 0 Å². The minimum atomic E-state index is 0.166. The fraction of sp³-hybridized carbons (Fsp3) is 0.417. The highest BCUT2D eigenvalue weighted by molar-refractivity contribution is 6.18. The summed E-state index contributed by atoms with van der Waals surface area (Å²) in [6, 6.07) is 8.30. The lowest BCUT2D eigenvalue weighted by Crippen LogP contribution is -2.35. The molecule has 0 bridgehead atoms. The van der Waals surface area contributed by atoms with Gasteiger partial charge in [-0.25, -0.2) is 0 Å². The summed E-state index contributed by atoms with van der Waals surface area (Å²) in [4.78, 5) is 13.5. The number of hydrogen-bond donors (Lipinski definition) is 0. The number of carbonyl (C=O) groups excluding carboxylic acids is 1. The molecular formula is C12H14ClNO. The van der Waals surface area contributed by atoms with E-state index in [4.69, 9.17) is 11.6 Å². The van der Waals surface area contributed by atoms with E-state index in [0.717, 1.165) is 19.5 Å². The fourth-order valence-corrected chi connectivity index (χ4v) is 2.11. The van der Waals surface area contributed by atoms with Gasteiger partial charge in [0.05, 0.1) is 0 Å². The van der Waals surface area contributed by atoms with Crippen LogP contribution in [0.25, 0.3) is 0 Å². The van der Waals surface area contributed by atoms with Gasteiger partial charge in [0.25, 0.3) is 0 Å². The van der Waals surface area contributed by atoms with Crippen molar-refractivity contribution < 1.29 is 4.79 Å². The molecule has 3 heteroatoms. The molecule has 0 atom stereocenters. The smallest absolute Gasteiger partial charge is 0.224 e. The minimum Gasteiger partial charge on any atom is -0.338 e. The van der Waals surface area contributed by atoms with E-state index < -0.39 is 0 Å². The largest absolute Gasteiger partial charge is 0.338 e. The maximum Gasteiger partial charge on any atom is 0.224 e. The Balaban J connectivity index is 2.08. The van der Waals surface area contributed by atoms with Crippen LogP contribution in [-0.4, -0.2) is 23.2 Å². The number of carbonyl (C=O) groups is 1. The van der Waals surface area contributed by atoms with Crippen LogP contribution in [0.5, 0.6) is 0 Å². The second-order valence-corrected chi connectivity index (χ2v) is 4.15. The lowest BCUT2D eigenvalue weighted by Gasteiger charge is -2.28. The van der Waals surface area contributed by atoms with Gasteiger partial charge in [-0.2, -0.15) is 0 Å². The van der Waals surface area contributed by atoms with E-state index in [-0.39, 0.29) is 5.91 Å². The van der Waals surface area contributed by atoms with Crippen molar-refractivity contribution in [3.63, 3.8) is 0 Å². The van der Waals surface area contributed by atoms with Crippen molar-refractivity contribution in [1.29, 1.82) is 0 Å². The molecule has 1 aromatic carbocycles. The maximum absolute atomic E-state index is 11.6. The van der Waals surface area contributed by atoms with Crippen LogP contribution in [0.2, 0.25) is 0 Å². The molecule has 2 nitrogen and oxygen atoms in total. The first-order chi connectivity index (χ1) is 7.31. The van der Waals surface area contributed by atoms with Gasteiger partial charge >= 0.3 is 0 Å². The Morgan fingerprint density at radius 2 is 2.07 bits per heavy atom. The van der Waals surface area contributed by atoms with Gasteiger partial charge < -0.3 is 4.90 Å². The Morgan fingerprint density at radius 3 is 2.80 bits per heavy atom. The van der Waals surface area contributed by atoms with Crippen molar-refractivity contribution >= 4 is 17.5 Å². The third-order valence-corrected chi connectivity index (χ3v) is 2.98.